The molecule has 0 aliphatic carbocycles. The standard InChI is InChI=1S/C19H16N2O5S/c1-25-17-10-14(21(23)24)7-8-16(17)20-19(22)18-9-13(12-27-18)11-26-15-5-3-2-4-6-15/h2-10,12H,11H2,1H3,(H,20,22). The van der Waals surface area contributed by atoms with Crippen molar-refractivity contribution in [3.05, 3.63) is 80.5 Å². The number of nitro benzene ring substituents is 1. The van der Waals surface area contributed by atoms with Gasteiger partial charge in [0.15, 0.2) is 0 Å². The highest BCUT2D eigenvalue weighted by atomic mass is 32.1. The molecule has 8 heteroatoms. The summed E-state index contributed by atoms with van der Waals surface area (Å²) in [5.74, 6) is 0.658. The lowest BCUT2D eigenvalue weighted by atomic mass is 10.2. The Kier molecular flexibility index (Phi) is 5.68. The van der Waals surface area contributed by atoms with E-state index in [1.54, 1.807) is 6.07 Å². The lowest BCUT2D eigenvalue weighted by molar-refractivity contribution is -0.384. The minimum absolute atomic E-state index is 0.110. The van der Waals surface area contributed by atoms with Crippen molar-refractivity contribution in [1.82, 2.24) is 0 Å². The Bertz CT molecular complexity index is 956. The fraction of sp³-hybridized carbons (Fsp3) is 0.105. The van der Waals surface area contributed by atoms with Crippen LogP contribution in [-0.4, -0.2) is 17.9 Å². The lowest BCUT2D eigenvalue weighted by Gasteiger charge is -2.09. The Hall–Kier alpha value is -3.39. The number of anilines is 1. The summed E-state index contributed by atoms with van der Waals surface area (Å²) in [5.41, 5.74) is 1.13. The van der Waals surface area contributed by atoms with Gasteiger partial charge in [0.25, 0.3) is 11.6 Å². The zero-order valence-corrected chi connectivity index (χ0v) is 15.2. The van der Waals surface area contributed by atoms with E-state index in [1.165, 1.54) is 36.6 Å². The summed E-state index contributed by atoms with van der Waals surface area (Å²) >= 11 is 1.29. The third-order valence-electron chi connectivity index (χ3n) is 3.67. The number of para-hydroxylation sites is 1. The van der Waals surface area contributed by atoms with E-state index in [2.05, 4.69) is 5.32 Å². The number of hydrogen-bond donors (Lipinski definition) is 1. The molecule has 0 radical (unpaired) electrons. The predicted molar refractivity (Wildman–Crippen MR) is 103 cm³/mol. The van der Waals surface area contributed by atoms with Crippen molar-refractivity contribution in [3.8, 4) is 11.5 Å². The van der Waals surface area contributed by atoms with E-state index in [0.29, 0.717) is 17.2 Å². The number of carbonyl (C=O) groups excluding carboxylic acids is 1. The summed E-state index contributed by atoms with van der Waals surface area (Å²) in [6.45, 7) is 0.356. The SMILES string of the molecule is COc1cc([N+](=O)[O-])ccc1NC(=O)c1cc(COc2ccccc2)cs1. The maximum Gasteiger partial charge on any atom is 0.273 e. The van der Waals surface area contributed by atoms with Gasteiger partial charge in [0.1, 0.15) is 18.1 Å². The first-order chi connectivity index (χ1) is 13.1. The molecule has 7 nitrogen and oxygen atoms in total. The number of non-ortho nitro benzene ring substituents is 1. The van der Waals surface area contributed by atoms with E-state index < -0.39 is 4.92 Å². The van der Waals surface area contributed by atoms with E-state index in [-0.39, 0.29) is 17.3 Å². The van der Waals surface area contributed by atoms with Crippen LogP contribution >= 0.6 is 11.3 Å². The van der Waals surface area contributed by atoms with E-state index in [9.17, 15) is 14.9 Å². The molecule has 1 heterocycles. The number of rotatable bonds is 7. The van der Waals surface area contributed by atoms with Gasteiger partial charge in [-0.3, -0.25) is 14.9 Å². The van der Waals surface area contributed by atoms with Gasteiger partial charge in [0.05, 0.1) is 28.7 Å². The molecule has 0 aliphatic heterocycles. The zero-order valence-electron chi connectivity index (χ0n) is 14.4. The molecule has 0 saturated heterocycles. The van der Waals surface area contributed by atoms with Gasteiger partial charge in [-0.1, -0.05) is 18.2 Å². The normalized spacial score (nSPS) is 10.3. The van der Waals surface area contributed by atoms with Crippen LogP contribution < -0.4 is 14.8 Å². The van der Waals surface area contributed by atoms with Gasteiger partial charge in [-0.2, -0.15) is 0 Å². The quantitative estimate of drug-likeness (QED) is 0.478. The fourth-order valence-corrected chi connectivity index (χ4v) is 3.13. The molecule has 1 N–H and O–H groups in total. The van der Waals surface area contributed by atoms with Crippen LogP contribution in [-0.2, 0) is 6.61 Å². The Balaban J connectivity index is 1.66. The third-order valence-corrected chi connectivity index (χ3v) is 4.65. The number of carbonyl (C=O) groups is 1. The molecule has 27 heavy (non-hydrogen) atoms. The second-order valence-electron chi connectivity index (χ2n) is 5.52. The molecule has 3 rings (SSSR count). The summed E-state index contributed by atoms with van der Waals surface area (Å²) in [5, 5.41) is 15.4. The van der Waals surface area contributed by atoms with Crippen molar-refractivity contribution in [2.24, 2.45) is 0 Å². The number of nitrogens with zero attached hydrogens (tertiary/aromatic N) is 1. The number of nitrogens with one attached hydrogen (secondary N) is 1. The van der Waals surface area contributed by atoms with Crippen LogP contribution in [0.5, 0.6) is 11.5 Å². The number of thiophene rings is 1. The zero-order chi connectivity index (χ0) is 19.2. The maximum absolute atomic E-state index is 12.5. The first kappa shape index (κ1) is 18.4. The second kappa shape index (κ2) is 8.33. The summed E-state index contributed by atoms with van der Waals surface area (Å²) in [7, 11) is 1.39. The van der Waals surface area contributed by atoms with E-state index in [0.717, 1.165) is 11.3 Å². The molecule has 0 aliphatic rings. The van der Waals surface area contributed by atoms with Crippen molar-refractivity contribution in [2.45, 2.75) is 6.61 Å². The molecule has 3 aromatic rings. The number of ether oxygens (including phenoxy) is 2. The van der Waals surface area contributed by atoms with Gasteiger partial charge in [-0.25, -0.2) is 0 Å². The van der Waals surface area contributed by atoms with Gasteiger partial charge in [0, 0.05) is 11.6 Å². The van der Waals surface area contributed by atoms with Crippen molar-refractivity contribution in [3.63, 3.8) is 0 Å². The monoisotopic (exact) mass is 384 g/mol. The van der Waals surface area contributed by atoms with Crippen LogP contribution in [0.2, 0.25) is 0 Å². The highest BCUT2D eigenvalue weighted by molar-refractivity contribution is 7.12. The Morgan fingerprint density at radius 3 is 2.67 bits per heavy atom. The van der Waals surface area contributed by atoms with Crippen molar-refractivity contribution < 1.29 is 19.2 Å². The second-order valence-corrected chi connectivity index (χ2v) is 6.43. The van der Waals surface area contributed by atoms with Crippen molar-refractivity contribution >= 4 is 28.6 Å². The third kappa shape index (κ3) is 4.62. The van der Waals surface area contributed by atoms with Crippen LogP contribution in [0.4, 0.5) is 11.4 Å². The number of benzene rings is 2. The molecule has 1 amide bonds. The maximum atomic E-state index is 12.5. The average molecular weight is 384 g/mol. The van der Waals surface area contributed by atoms with Gasteiger partial charge >= 0.3 is 0 Å². The van der Waals surface area contributed by atoms with Crippen molar-refractivity contribution in [2.75, 3.05) is 12.4 Å². The summed E-state index contributed by atoms with van der Waals surface area (Å²) in [6, 6.07) is 15.2. The number of amides is 1. The van der Waals surface area contributed by atoms with Gasteiger partial charge in [-0.15, -0.1) is 11.3 Å². The molecular formula is C19H16N2O5S. The first-order valence-corrected chi connectivity index (χ1v) is 8.84. The molecular weight excluding hydrogens is 368 g/mol. The van der Waals surface area contributed by atoms with Gasteiger partial charge < -0.3 is 14.8 Å². The van der Waals surface area contributed by atoms with Crippen LogP contribution in [0.15, 0.2) is 60.0 Å². The molecule has 0 saturated carbocycles. The molecule has 0 bridgehead atoms. The Morgan fingerprint density at radius 2 is 1.96 bits per heavy atom. The predicted octanol–water partition coefficient (Wildman–Crippen LogP) is 4.50. The minimum Gasteiger partial charge on any atom is -0.494 e. The van der Waals surface area contributed by atoms with Crippen LogP contribution in [0.3, 0.4) is 0 Å². The largest absolute Gasteiger partial charge is 0.494 e. The number of nitro groups is 1. The number of methoxy groups -OCH3 is 1. The molecule has 1 aromatic heterocycles. The minimum atomic E-state index is -0.521. The van der Waals surface area contributed by atoms with E-state index in [4.69, 9.17) is 9.47 Å². The van der Waals surface area contributed by atoms with Crippen LogP contribution in [0.25, 0.3) is 0 Å². The fourth-order valence-electron chi connectivity index (χ4n) is 2.33. The topological polar surface area (TPSA) is 90.7 Å². The van der Waals surface area contributed by atoms with Crippen LogP contribution in [0, 0.1) is 10.1 Å². The van der Waals surface area contributed by atoms with E-state index in [1.807, 2.05) is 35.7 Å². The molecule has 0 atom stereocenters. The summed E-state index contributed by atoms with van der Waals surface area (Å²) < 4.78 is 10.8. The van der Waals surface area contributed by atoms with Gasteiger partial charge in [0.2, 0.25) is 0 Å². The van der Waals surface area contributed by atoms with Crippen molar-refractivity contribution in [1.29, 1.82) is 0 Å². The smallest absolute Gasteiger partial charge is 0.273 e. The highest BCUT2D eigenvalue weighted by Crippen LogP contribution is 2.30. The average Bonchev–Trinajstić information content (AvgIpc) is 3.16. The summed E-state index contributed by atoms with van der Waals surface area (Å²) in [4.78, 5) is 23.3. The first-order valence-electron chi connectivity index (χ1n) is 7.96. The number of hydrogen-bond acceptors (Lipinski definition) is 6. The van der Waals surface area contributed by atoms with E-state index >= 15 is 0 Å². The Labute approximate surface area is 159 Å². The molecule has 0 spiro atoms. The highest BCUT2D eigenvalue weighted by Gasteiger charge is 2.15. The Morgan fingerprint density at radius 1 is 1.19 bits per heavy atom. The van der Waals surface area contributed by atoms with Gasteiger partial charge in [-0.05, 0) is 29.6 Å². The molecule has 138 valence electrons. The molecule has 0 unspecified atom stereocenters. The summed E-state index contributed by atoms with van der Waals surface area (Å²) in [6.07, 6.45) is 0. The lowest BCUT2D eigenvalue weighted by Crippen LogP contribution is -2.11. The molecule has 2 aromatic carbocycles. The molecule has 0 fully saturated rings. The van der Waals surface area contributed by atoms with Crippen LogP contribution in [0.1, 0.15) is 15.2 Å².